The Kier molecular flexibility index (Phi) is 5.72. The van der Waals surface area contributed by atoms with Crippen LogP contribution in [0.5, 0.6) is 0 Å². The van der Waals surface area contributed by atoms with Gasteiger partial charge in [0.1, 0.15) is 12.0 Å². The van der Waals surface area contributed by atoms with E-state index in [1.165, 1.54) is 0 Å². The second-order valence-corrected chi connectivity index (χ2v) is 5.06. The van der Waals surface area contributed by atoms with Gasteiger partial charge in [-0.15, -0.1) is 0 Å². The topological polar surface area (TPSA) is 75.8 Å². The molecule has 1 rings (SSSR count). The smallest absolute Gasteiger partial charge is 0.395 e. The van der Waals surface area contributed by atoms with Crippen molar-refractivity contribution in [3.05, 3.63) is 0 Å². The molecule has 3 N–H and O–H groups in total. The molecule has 0 aromatic heterocycles. The Labute approximate surface area is 119 Å². The van der Waals surface area contributed by atoms with E-state index in [4.69, 9.17) is 27.8 Å². The molecule has 0 spiro atoms. The molecule has 20 heavy (non-hydrogen) atoms. The van der Waals surface area contributed by atoms with E-state index in [9.17, 15) is 18.0 Å². The second kappa shape index (κ2) is 6.68. The summed E-state index contributed by atoms with van der Waals surface area (Å²) in [6, 6.07) is 0. The Hall–Kier alpha value is -0.930. The quantitative estimate of drug-likeness (QED) is 0.721. The highest BCUT2D eigenvalue weighted by Gasteiger charge is 2.47. The first-order chi connectivity index (χ1) is 9.23. The van der Waals surface area contributed by atoms with Crippen LogP contribution >= 0.6 is 12.2 Å². The van der Waals surface area contributed by atoms with Crippen molar-refractivity contribution in [2.45, 2.75) is 19.0 Å². The van der Waals surface area contributed by atoms with Crippen molar-refractivity contribution < 1.29 is 27.8 Å². The molecular formula is C11H17F3N2O3S. The summed E-state index contributed by atoms with van der Waals surface area (Å²) in [5.41, 5.74) is 4.27. The Morgan fingerprint density at radius 2 is 1.95 bits per heavy atom. The molecule has 1 aliphatic rings. The van der Waals surface area contributed by atoms with Crippen molar-refractivity contribution in [3.63, 3.8) is 0 Å². The molecule has 0 aromatic carbocycles. The number of carbonyl (C=O) groups is 1. The lowest BCUT2D eigenvalue weighted by Gasteiger charge is -2.38. The number of aliphatic hydroxyl groups excluding tert-OH is 1. The van der Waals surface area contributed by atoms with Gasteiger partial charge in [0.15, 0.2) is 0 Å². The van der Waals surface area contributed by atoms with Gasteiger partial charge in [0, 0.05) is 19.8 Å². The van der Waals surface area contributed by atoms with Gasteiger partial charge in [0.2, 0.25) is 5.91 Å². The Morgan fingerprint density at radius 3 is 2.35 bits per heavy atom. The van der Waals surface area contributed by atoms with Crippen molar-refractivity contribution in [2.24, 2.45) is 11.1 Å². The summed E-state index contributed by atoms with van der Waals surface area (Å²) in [7, 11) is 0. The van der Waals surface area contributed by atoms with Crippen molar-refractivity contribution in [1.82, 2.24) is 4.90 Å². The SMILES string of the molecule is NC(=S)C1(C(=O)N(CCO)CC(F)(F)F)CCOCC1. The maximum absolute atomic E-state index is 12.5. The third-order valence-corrected chi connectivity index (χ3v) is 3.65. The van der Waals surface area contributed by atoms with Crippen LogP contribution in [-0.4, -0.2) is 60.0 Å². The number of alkyl halides is 3. The van der Waals surface area contributed by atoms with Gasteiger partial charge in [-0.1, -0.05) is 12.2 Å². The predicted octanol–water partition coefficient (Wildman–Crippen LogP) is 0.452. The first-order valence-corrected chi connectivity index (χ1v) is 6.48. The molecule has 0 radical (unpaired) electrons. The molecule has 1 aliphatic heterocycles. The summed E-state index contributed by atoms with van der Waals surface area (Å²) in [5, 5.41) is 8.85. The zero-order valence-corrected chi connectivity index (χ0v) is 11.6. The Bertz CT molecular complexity index is 370. The van der Waals surface area contributed by atoms with E-state index in [0.29, 0.717) is 4.90 Å². The first kappa shape index (κ1) is 17.1. The number of aliphatic hydroxyl groups is 1. The van der Waals surface area contributed by atoms with E-state index in [1.54, 1.807) is 0 Å². The number of nitrogens with zero attached hydrogens (tertiary/aromatic N) is 1. The largest absolute Gasteiger partial charge is 0.406 e. The van der Waals surface area contributed by atoms with E-state index in [0.717, 1.165) is 0 Å². The highest BCUT2D eigenvalue weighted by atomic mass is 32.1. The van der Waals surface area contributed by atoms with E-state index < -0.39 is 37.2 Å². The minimum atomic E-state index is -4.55. The van der Waals surface area contributed by atoms with E-state index in [2.05, 4.69) is 0 Å². The van der Waals surface area contributed by atoms with Gasteiger partial charge in [0.05, 0.1) is 11.6 Å². The van der Waals surface area contributed by atoms with Crippen molar-refractivity contribution in [2.75, 3.05) is 32.9 Å². The molecule has 1 heterocycles. The number of nitrogens with two attached hydrogens (primary N) is 1. The molecule has 9 heteroatoms. The standard InChI is InChI=1S/C11H17F3N2O3S/c12-11(13,14)7-16(3-4-17)9(18)10(8(15)20)1-5-19-6-2-10/h17H,1-7H2,(H2,15,20). The van der Waals surface area contributed by atoms with E-state index in [1.807, 2.05) is 0 Å². The molecule has 0 bridgehead atoms. The highest BCUT2D eigenvalue weighted by molar-refractivity contribution is 7.80. The van der Waals surface area contributed by atoms with Crippen LogP contribution in [0.4, 0.5) is 13.2 Å². The number of hydrogen-bond acceptors (Lipinski definition) is 4. The number of amides is 1. The second-order valence-electron chi connectivity index (χ2n) is 4.62. The van der Waals surface area contributed by atoms with Crippen molar-refractivity contribution in [1.29, 1.82) is 0 Å². The molecule has 5 nitrogen and oxygen atoms in total. The minimum absolute atomic E-state index is 0.129. The van der Waals surface area contributed by atoms with Crippen LogP contribution in [0.15, 0.2) is 0 Å². The molecule has 1 saturated heterocycles. The number of halogens is 3. The Morgan fingerprint density at radius 1 is 1.40 bits per heavy atom. The van der Waals surface area contributed by atoms with E-state index >= 15 is 0 Å². The van der Waals surface area contributed by atoms with Gasteiger partial charge in [0.25, 0.3) is 0 Å². The molecule has 1 fully saturated rings. The van der Waals surface area contributed by atoms with Crippen LogP contribution in [0.25, 0.3) is 0 Å². The fraction of sp³-hybridized carbons (Fsp3) is 0.818. The maximum Gasteiger partial charge on any atom is 0.406 e. The number of rotatable bonds is 5. The summed E-state index contributed by atoms with van der Waals surface area (Å²) in [6.45, 7) is -1.99. The summed E-state index contributed by atoms with van der Waals surface area (Å²) < 4.78 is 42.7. The summed E-state index contributed by atoms with van der Waals surface area (Å²) >= 11 is 4.88. The molecule has 0 atom stereocenters. The molecule has 116 valence electrons. The maximum atomic E-state index is 12.5. The monoisotopic (exact) mass is 314 g/mol. The van der Waals surface area contributed by atoms with Crippen molar-refractivity contribution >= 4 is 23.1 Å². The summed E-state index contributed by atoms with van der Waals surface area (Å²) in [6.07, 6.45) is -4.24. The van der Waals surface area contributed by atoms with Gasteiger partial charge in [-0.25, -0.2) is 0 Å². The lowest BCUT2D eigenvalue weighted by atomic mass is 9.78. The molecule has 0 unspecified atom stereocenters. The lowest BCUT2D eigenvalue weighted by Crippen LogP contribution is -2.55. The highest BCUT2D eigenvalue weighted by Crippen LogP contribution is 2.34. The normalized spacial score (nSPS) is 18.6. The first-order valence-electron chi connectivity index (χ1n) is 6.07. The number of hydrogen-bond donors (Lipinski definition) is 2. The lowest BCUT2D eigenvalue weighted by molar-refractivity contribution is -0.168. The van der Waals surface area contributed by atoms with Crippen LogP contribution in [0.1, 0.15) is 12.8 Å². The number of carbonyl (C=O) groups excluding carboxylic acids is 1. The summed E-state index contributed by atoms with van der Waals surface area (Å²) in [5.74, 6) is -0.792. The molecule has 0 aliphatic carbocycles. The van der Waals surface area contributed by atoms with Gasteiger partial charge in [-0.05, 0) is 12.8 Å². The zero-order valence-electron chi connectivity index (χ0n) is 10.8. The fourth-order valence-electron chi connectivity index (χ4n) is 2.18. The van der Waals surface area contributed by atoms with Gasteiger partial charge in [-0.2, -0.15) is 13.2 Å². The average molecular weight is 314 g/mol. The van der Waals surface area contributed by atoms with Crippen LogP contribution in [-0.2, 0) is 9.53 Å². The number of ether oxygens (including phenoxy) is 1. The van der Waals surface area contributed by atoms with E-state index in [-0.39, 0.29) is 31.0 Å². The van der Waals surface area contributed by atoms with Gasteiger partial charge < -0.3 is 20.5 Å². The van der Waals surface area contributed by atoms with Crippen LogP contribution in [0.3, 0.4) is 0 Å². The molecule has 0 aromatic rings. The molecule has 0 saturated carbocycles. The average Bonchev–Trinajstić information content (AvgIpc) is 2.36. The third kappa shape index (κ3) is 4.03. The van der Waals surface area contributed by atoms with Crippen LogP contribution < -0.4 is 5.73 Å². The minimum Gasteiger partial charge on any atom is -0.395 e. The Balaban J connectivity index is 2.98. The molecular weight excluding hydrogens is 297 g/mol. The van der Waals surface area contributed by atoms with Gasteiger partial charge >= 0.3 is 6.18 Å². The predicted molar refractivity (Wildman–Crippen MR) is 69.0 cm³/mol. The summed E-state index contributed by atoms with van der Waals surface area (Å²) in [4.78, 5) is 12.9. The van der Waals surface area contributed by atoms with Crippen molar-refractivity contribution in [3.8, 4) is 0 Å². The number of thiocarbonyl (C=S) groups is 1. The fourth-order valence-corrected chi connectivity index (χ4v) is 2.47. The molecule has 1 amide bonds. The van der Waals surface area contributed by atoms with Crippen LogP contribution in [0, 0.1) is 5.41 Å². The third-order valence-electron chi connectivity index (χ3n) is 3.25. The van der Waals surface area contributed by atoms with Gasteiger partial charge in [-0.3, -0.25) is 4.79 Å². The zero-order chi connectivity index (χ0) is 15.4. The van der Waals surface area contributed by atoms with Crippen LogP contribution in [0.2, 0.25) is 0 Å².